The molecule has 26 heavy (non-hydrogen) atoms. The third-order valence-electron chi connectivity index (χ3n) is 4.32. The fourth-order valence-electron chi connectivity index (χ4n) is 3.11. The van der Waals surface area contributed by atoms with Gasteiger partial charge in [0.1, 0.15) is 0 Å². The lowest BCUT2D eigenvalue weighted by molar-refractivity contribution is 0.0980. The highest BCUT2D eigenvalue weighted by molar-refractivity contribution is 6.31. The van der Waals surface area contributed by atoms with Gasteiger partial charge in [-0.3, -0.25) is 9.59 Å². The molecule has 0 saturated carbocycles. The second kappa shape index (κ2) is 8.12. The van der Waals surface area contributed by atoms with E-state index < -0.39 is 0 Å². The van der Waals surface area contributed by atoms with E-state index in [1.165, 1.54) is 0 Å². The van der Waals surface area contributed by atoms with Crippen LogP contribution < -0.4 is 10.6 Å². The number of ketones is 2. The number of hydrogen-bond donors (Lipinski definition) is 2. The maximum atomic E-state index is 13.1. The number of methoxy groups -OCH3 is 2. The predicted octanol–water partition coefficient (Wildman–Crippen LogP) is 2.58. The first-order valence-corrected chi connectivity index (χ1v) is 8.50. The molecule has 136 valence electrons. The van der Waals surface area contributed by atoms with Gasteiger partial charge in [-0.05, 0) is 12.1 Å². The van der Waals surface area contributed by atoms with Crippen molar-refractivity contribution in [1.82, 2.24) is 0 Å². The first-order valence-electron chi connectivity index (χ1n) is 8.50. The van der Waals surface area contributed by atoms with E-state index in [0.717, 1.165) is 0 Å². The van der Waals surface area contributed by atoms with Crippen LogP contribution in [0, 0.1) is 0 Å². The molecule has 0 aromatic heterocycles. The first-order chi connectivity index (χ1) is 12.7. The van der Waals surface area contributed by atoms with Gasteiger partial charge in [0.05, 0.1) is 24.3 Å². The fraction of sp³-hybridized carbons (Fsp3) is 0.300. The second-order valence-corrected chi connectivity index (χ2v) is 5.95. The normalized spacial score (nSPS) is 12.5. The van der Waals surface area contributed by atoms with Crippen molar-refractivity contribution < 1.29 is 19.1 Å². The van der Waals surface area contributed by atoms with Crippen molar-refractivity contribution in [2.24, 2.45) is 0 Å². The number of nitrogens with one attached hydrogen (secondary N) is 2. The van der Waals surface area contributed by atoms with Gasteiger partial charge in [0, 0.05) is 49.8 Å². The molecule has 0 bridgehead atoms. The standard InChI is InChI=1S/C20H22N2O4/c1-25-11-9-21-15-7-3-5-13-17(15)19(23)14-6-4-8-16(18(14)20(13)24)22-10-12-26-2/h3-8,21-22H,9-12H2,1-2H3. The molecular weight excluding hydrogens is 332 g/mol. The molecule has 0 saturated heterocycles. The van der Waals surface area contributed by atoms with Crippen molar-refractivity contribution >= 4 is 22.9 Å². The summed E-state index contributed by atoms with van der Waals surface area (Å²) in [4.78, 5) is 26.2. The summed E-state index contributed by atoms with van der Waals surface area (Å²) in [5, 5.41) is 6.36. The summed E-state index contributed by atoms with van der Waals surface area (Å²) in [7, 11) is 3.23. The zero-order valence-corrected chi connectivity index (χ0v) is 14.9. The molecule has 1 aliphatic carbocycles. The van der Waals surface area contributed by atoms with Crippen LogP contribution in [-0.2, 0) is 9.47 Å². The van der Waals surface area contributed by atoms with Crippen molar-refractivity contribution in [2.75, 3.05) is 51.2 Å². The predicted molar refractivity (Wildman–Crippen MR) is 100 cm³/mol. The second-order valence-electron chi connectivity index (χ2n) is 5.95. The van der Waals surface area contributed by atoms with E-state index >= 15 is 0 Å². The van der Waals surface area contributed by atoms with E-state index in [-0.39, 0.29) is 11.6 Å². The lowest BCUT2D eigenvalue weighted by Gasteiger charge is -2.23. The highest BCUT2D eigenvalue weighted by atomic mass is 16.5. The number of rotatable bonds is 8. The van der Waals surface area contributed by atoms with Crippen LogP contribution in [0.2, 0.25) is 0 Å². The lowest BCUT2D eigenvalue weighted by Crippen LogP contribution is -2.25. The maximum Gasteiger partial charge on any atom is 0.196 e. The van der Waals surface area contributed by atoms with Gasteiger partial charge in [-0.1, -0.05) is 24.3 Å². The molecule has 0 heterocycles. The monoisotopic (exact) mass is 354 g/mol. The Bertz CT molecular complexity index is 763. The van der Waals surface area contributed by atoms with Crippen LogP contribution in [0.1, 0.15) is 31.8 Å². The van der Waals surface area contributed by atoms with Crippen molar-refractivity contribution in [3.8, 4) is 0 Å². The minimum absolute atomic E-state index is 0.148. The number of carbonyl (C=O) groups is 2. The van der Waals surface area contributed by atoms with Gasteiger partial charge < -0.3 is 20.1 Å². The molecule has 0 amide bonds. The third kappa shape index (κ3) is 3.34. The van der Waals surface area contributed by atoms with E-state index in [1.54, 1.807) is 38.5 Å². The smallest absolute Gasteiger partial charge is 0.196 e. The zero-order chi connectivity index (χ0) is 18.5. The number of benzene rings is 2. The minimum atomic E-state index is -0.148. The van der Waals surface area contributed by atoms with Crippen molar-refractivity contribution in [3.05, 3.63) is 58.7 Å². The third-order valence-corrected chi connectivity index (χ3v) is 4.32. The van der Waals surface area contributed by atoms with Crippen LogP contribution in [0.4, 0.5) is 11.4 Å². The Balaban J connectivity index is 2.00. The molecule has 0 aliphatic heterocycles. The molecule has 2 aromatic rings. The van der Waals surface area contributed by atoms with E-state index in [9.17, 15) is 9.59 Å². The van der Waals surface area contributed by atoms with Crippen LogP contribution in [0.15, 0.2) is 36.4 Å². The van der Waals surface area contributed by atoms with Crippen molar-refractivity contribution in [2.45, 2.75) is 0 Å². The molecule has 2 aromatic carbocycles. The van der Waals surface area contributed by atoms with E-state index in [0.29, 0.717) is 59.9 Å². The largest absolute Gasteiger partial charge is 0.383 e. The van der Waals surface area contributed by atoms with E-state index in [4.69, 9.17) is 9.47 Å². The fourth-order valence-corrected chi connectivity index (χ4v) is 3.11. The molecule has 0 atom stereocenters. The van der Waals surface area contributed by atoms with Crippen LogP contribution in [0.5, 0.6) is 0 Å². The Morgan fingerprint density at radius 1 is 0.731 bits per heavy atom. The Morgan fingerprint density at radius 3 is 1.54 bits per heavy atom. The van der Waals surface area contributed by atoms with Crippen LogP contribution in [-0.4, -0.2) is 52.1 Å². The Labute approximate surface area is 152 Å². The molecule has 3 rings (SSSR count). The van der Waals surface area contributed by atoms with Crippen LogP contribution in [0.25, 0.3) is 0 Å². The summed E-state index contributed by atoms with van der Waals surface area (Å²) >= 11 is 0. The number of ether oxygens (including phenoxy) is 2. The number of fused-ring (bicyclic) bond motifs is 2. The molecule has 2 N–H and O–H groups in total. The molecule has 0 unspecified atom stereocenters. The minimum Gasteiger partial charge on any atom is -0.383 e. The summed E-state index contributed by atoms with van der Waals surface area (Å²) in [6, 6.07) is 10.6. The Hall–Kier alpha value is -2.70. The van der Waals surface area contributed by atoms with Gasteiger partial charge in [0.25, 0.3) is 0 Å². The van der Waals surface area contributed by atoms with Gasteiger partial charge in [-0.2, -0.15) is 0 Å². The molecule has 6 heteroatoms. The van der Waals surface area contributed by atoms with Gasteiger partial charge in [0.15, 0.2) is 11.6 Å². The quantitative estimate of drug-likeness (QED) is 0.606. The van der Waals surface area contributed by atoms with Crippen LogP contribution >= 0.6 is 0 Å². The average molecular weight is 354 g/mol. The summed E-state index contributed by atoms with van der Waals surface area (Å²) < 4.78 is 10.1. The molecule has 6 nitrogen and oxygen atoms in total. The Morgan fingerprint density at radius 2 is 1.15 bits per heavy atom. The SMILES string of the molecule is COCCNc1cccc2c1C(=O)c1cccc(NCCOC)c1C2=O. The number of carbonyl (C=O) groups excluding carboxylic acids is 2. The molecular formula is C20H22N2O4. The van der Waals surface area contributed by atoms with Gasteiger partial charge in [0.2, 0.25) is 0 Å². The van der Waals surface area contributed by atoms with Gasteiger partial charge in [-0.15, -0.1) is 0 Å². The molecule has 0 fully saturated rings. The van der Waals surface area contributed by atoms with Gasteiger partial charge in [-0.25, -0.2) is 0 Å². The summed E-state index contributed by atoms with van der Waals surface area (Å²) in [5.74, 6) is -0.295. The molecule has 0 spiro atoms. The first kappa shape index (κ1) is 18.1. The van der Waals surface area contributed by atoms with E-state index in [2.05, 4.69) is 10.6 Å². The maximum absolute atomic E-state index is 13.1. The van der Waals surface area contributed by atoms with E-state index in [1.807, 2.05) is 12.1 Å². The van der Waals surface area contributed by atoms with Gasteiger partial charge >= 0.3 is 0 Å². The molecule has 1 aliphatic rings. The average Bonchev–Trinajstić information content (AvgIpc) is 2.66. The number of anilines is 2. The summed E-state index contributed by atoms with van der Waals surface area (Å²) in [6.45, 7) is 2.13. The number of hydrogen-bond acceptors (Lipinski definition) is 6. The highest BCUT2D eigenvalue weighted by Gasteiger charge is 2.33. The van der Waals surface area contributed by atoms with Crippen molar-refractivity contribution in [3.63, 3.8) is 0 Å². The lowest BCUT2D eigenvalue weighted by atomic mass is 9.82. The summed E-state index contributed by atoms with van der Waals surface area (Å²) in [5.41, 5.74) is 3.00. The Kier molecular flexibility index (Phi) is 5.65. The topological polar surface area (TPSA) is 76.7 Å². The summed E-state index contributed by atoms with van der Waals surface area (Å²) in [6.07, 6.45) is 0. The van der Waals surface area contributed by atoms with Crippen LogP contribution in [0.3, 0.4) is 0 Å². The highest BCUT2D eigenvalue weighted by Crippen LogP contribution is 2.35. The molecule has 0 radical (unpaired) electrons. The van der Waals surface area contributed by atoms with Crippen molar-refractivity contribution in [1.29, 1.82) is 0 Å². The zero-order valence-electron chi connectivity index (χ0n) is 14.9.